The standard InChI is InChI=1S/C24H27N3O4S/c1-4-5-12-27-23(29)19(26-24(27)32)13-17-10-11-20(21(14-17)30-3)31-15-22(28)25-18-9-7-6-8-16(18)2/h6-11,13-14H,4-5,12,15H2,1-3H3,(H,25,28)(H,26,32)/b19-13+. The molecule has 0 aliphatic carbocycles. The van der Waals surface area contributed by atoms with Crippen LogP contribution < -0.4 is 20.1 Å². The molecule has 2 N–H and O–H groups in total. The average molecular weight is 454 g/mol. The predicted octanol–water partition coefficient (Wildman–Crippen LogP) is 3.88. The van der Waals surface area contributed by atoms with E-state index in [9.17, 15) is 9.59 Å². The van der Waals surface area contributed by atoms with Crippen molar-refractivity contribution >= 4 is 40.9 Å². The molecule has 3 rings (SSSR count). The number of unbranched alkanes of at least 4 members (excludes halogenated alkanes) is 1. The molecule has 2 aromatic carbocycles. The number of hydrogen-bond donors (Lipinski definition) is 2. The van der Waals surface area contributed by atoms with Crippen LogP contribution in [0.2, 0.25) is 0 Å². The summed E-state index contributed by atoms with van der Waals surface area (Å²) in [5.41, 5.74) is 2.88. The summed E-state index contributed by atoms with van der Waals surface area (Å²) in [6.07, 6.45) is 3.59. The van der Waals surface area contributed by atoms with Gasteiger partial charge in [0.25, 0.3) is 11.8 Å². The molecule has 1 aliphatic rings. The van der Waals surface area contributed by atoms with E-state index in [0.29, 0.717) is 28.9 Å². The normalized spacial score (nSPS) is 14.5. The maximum Gasteiger partial charge on any atom is 0.276 e. The van der Waals surface area contributed by atoms with E-state index in [0.717, 1.165) is 29.7 Å². The molecule has 7 nitrogen and oxygen atoms in total. The number of benzene rings is 2. The lowest BCUT2D eigenvalue weighted by Crippen LogP contribution is -2.31. The van der Waals surface area contributed by atoms with E-state index in [1.54, 1.807) is 29.2 Å². The monoisotopic (exact) mass is 453 g/mol. The molecular formula is C24H27N3O4S. The van der Waals surface area contributed by atoms with E-state index in [1.165, 1.54) is 7.11 Å². The van der Waals surface area contributed by atoms with Gasteiger partial charge in [-0.15, -0.1) is 0 Å². The van der Waals surface area contributed by atoms with Gasteiger partial charge in [-0.05, 0) is 61.0 Å². The van der Waals surface area contributed by atoms with Crippen molar-refractivity contribution in [2.45, 2.75) is 26.7 Å². The van der Waals surface area contributed by atoms with Gasteiger partial charge in [-0.2, -0.15) is 0 Å². The van der Waals surface area contributed by atoms with Crippen LogP contribution in [0.1, 0.15) is 30.9 Å². The Balaban J connectivity index is 1.66. The largest absolute Gasteiger partial charge is 0.493 e. The molecule has 1 fully saturated rings. The topological polar surface area (TPSA) is 79.9 Å². The number of nitrogens with one attached hydrogen (secondary N) is 2. The summed E-state index contributed by atoms with van der Waals surface area (Å²) in [6, 6.07) is 12.8. The molecule has 1 saturated heterocycles. The first-order valence-corrected chi connectivity index (χ1v) is 10.8. The Kier molecular flexibility index (Phi) is 7.83. The molecule has 168 valence electrons. The molecule has 32 heavy (non-hydrogen) atoms. The summed E-state index contributed by atoms with van der Waals surface area (Å²) in [6.45, 7) is 4.42. The smallest absolute Gasteiger partial charge is 0.276 e. The Hall–Kier alpha value is -3.39. The number of ether oxygens (including phenoxy) is 2. The van der Waals surface area contributed by atoms with Gasteiger partial charge in [0, 0.05) is 12.2 Å². The molecule has 0 bridgehead atoms. The Bertz CT molecular complexity index is 1050. The lowest BCUT2D eigenvalue weighted by atomic mass is 10.1. The van der Waals surface area contributed by atoms with Crippen molar-refractivity contribution < 1.29 is 19.1 Å². The highest BCUT2D eigenvalue weighted by Gasteiger charge is 2.29. The highest BCUT2D eigenvalue weighted by Crippen LogP contribution is 2.29. The number of amides is 2. The second kappa shape index (κ2) is 10.8. The van der Waals surface area contributed by atoms with E-state index in [1.807, 2.05) is 31.2 Å². The van der Waals surface area contributed by atoms with Crippen LogP contribution in [0.5, 0.6) is 11.5 Å². The number of nitrogens with zero attached hydrogens (tertiary/aromatic N) is 1. The number of carbonyl (C=O) groups excluding carboxylic acids is 2. The Morgan fingerprint density at radius 1 is 1.22 bits per heavy atom. The van der Waals surface area contributed by atoms with Gasteiger partial charge in [0.15, 0.2) is 23.2 Å². The molecule has 8 heteroatoms. The summed E-state index contributed by atoms with van der Waals surface area (Å²) in [7, 11) is 1.52. The fourth-order valence-corrected chi connectivity index (χ4v) is 3.48. The number of carbonyl (C=O) groups is 2. The number of rotatable bonds is 9. The van der Waals surface area contributed by atoms with Crippen LogP contribution >= 0.6 is 12.2 Å². The van der Waals surface area contributed by atoms with E-state index in [4.69, 9.17) is 21.7 Å². The third kappa shape index (κ3) is 5.64. The summed E-state index contributed by atoms with van der Waals surface area (Å²) in [5.74, 6) is 0.476. The zero-order valence-electron chi connectivity index (χ0n) is 18.4. The summed E-state index contributed by atoms with van der Waals surface area (Å²) in [5, 5.41) is 6.22. The zero-order valence-corrected chi connectivity index (χ0v) is 19.3. The van der Waals surface area contributed by atoms with Crippen LogP contribution in [-0.4, -0.2) is 42.1 Å². The summed E-state index contributed by atoms with van der Waals surface area (Å²) in [4.78, 5) is 26.4. The van der Waals surface area contributed by atoms with E-state index >= 15 is 0 Å². The molecular weight excluding hydrogens is 426 g/mol. The Morgan fingerprint density at radius 3 is 2.72 bits per heavy atom. The quantitative estimate of drug-likeness (QED) is 0.443. The zero-order chi connectivity index (χ0) is 23.1. The van der Waals surface area contributed by atoms with E-state index in [2.05, 4.69) is 17.6 Å². The fourth-order valence-electron chi connectivity index (χ4n) is 3.19. The van der Waals surface area contributed by atoms with Crippen molar-refractivity contribution in [2.24, 2.45) is 0 Å². The van der Waals surface area contributed by atoms with Crippen LogP contribution in [-0.2, 0) is 9.59 Å². The van der Waals surface area contributed by atoms with Crippen molar-refractivity contribution in [3.8, 4) is 11.5 Å². The molecule has 2 amide bonds. The molecule has 2 aromatic rings. The number of anilines is 1. The molecule has 1 heterocycles. The maximum atomic E-state index is 12.6. The predicted molar refractivity (Wildman–Crippen MR) is 129 cm³/mol. The number of methoxy groups -OCH3 is 1. The average Bonchev–Trinajstić information content (AvgIpc) is 3.05. The molecule has 0 saturated carbocycles. The molecule has 0 unspecified atom stereocenters. The third-order valence-corrected chi connectivity index (χ3v) is 5.30. The van der Waals surface area contributed by atoms with Gasteiger partial charge >= 0.3 is 0 Å². The first-order valence-electron chi connectivity index (χ1n) is 10.4. The Labute approximate surface area is 193 Å². The highest BCUT2D eigenvalue weighted by atomic mass is 32.1. The van der Waals surface area contributed by atoms with Crippen molar-refractivity contribution in [3.63, 3.8) is 0 Å². The van der Waals surface area contributed by atoms with Gasteiger partial charge in [0.2, 0.25) is 0 Å². The van der Waals surface area contributed by atoms with Crippen LogP contribution in [0.3, 0.4) is 0 Å². The van der Waals surface area contributed by atoms with Gasteiger partial charge in [-0.3, -0.25) is 14.5 Å². The minimum absolute atomic E-state index is 0.143. The first-order chi connectivity index (χ1) is 15.4. The third-order valence-electron chi connectivity index (χ3n) is 4.97. The van der Waals surface area contributed by atoms with Gasteiger partial charge < -0.3 is 20.1 Å². The molecule has 0 spiro atoms. The van der Waals surface area contributed by atoms with Crippen LogP contribution in [0.25, 0.3) is 6.08 Å². The maximum absolute atomic E-state index is 12.6. The van der Waals surface area contributed by atoms with Gasteiger partial charge in [-0.1, -0.05) is 37.6 Å². The van der Waals surface area contributed by atoms with Crippen molar-refractivity contribution in [1.29, 1.82) is 0 Å². The Morgan fingerprint density at radius 2 is 2.00 bits per heavy atom. The van der Waals surface area contributed by atoms with Gasteiger partial charge in [-0.25, -0.2) is 0 Å². The van der Waals surface area contributed by atoms with Crippen LogP contribution in [0.4, 0.5) is 5.69 Å². The first kappa shape index (κ1) is 23.3. The number of aryl methyl sites for hydroxylation is 1. The lowest BCUT2D eigenvalue weighted by molar-refractivity contribution is -0.122. The van der Waals surface area contributed by atoms with Crippen LogP contribution in [0.15, 0.2) is 48.2 Å². The number of hydrogen-bond acceptors (Lipinski definition) is 5. The number of para-hydroxylation sites is 1. The van der Waals surface area contributed by atoms with Crippen molar-refractivity contribution in [3.05, 3.63) is 59.3 Å². The fraction of sp³-hybridized carbons (Fsp3) is 0.292. The molecule has 1 aliphatic heterocycles. The molecule has 0 atom stereocenters. The molecule has 0 aromatic heterocycles. The van der Waals surface area contributed by atoms with Crippen molar-refractivity contribution in [1.82, 2.24) is 10.2 Å². The molecule has 0 radical (unpaired) electrons. The minimum atomic E-state index is -0.269. The highest BCUT2D eigenvalue weighted by molar-refractivity contribution is 7.80. The van der Waals surface area contributed by atoms with Gasteiger partial charge in [0.1, 0.15) is 5.70 Å². The van der Waals surface area contributed by atoms with E-state index < -0.39 is 0 Å². The van der Waals surface area contributed by atoms with Gasteiger partial charge in [0.05, 0.1) is 7.11 Å². The summed E-state index contributed by atoms with van der Waals surface area (Å²) >= 11 is 5.28. The second-order valence-electron chi connectivity index (χ2n) is 7.36. The second-order valence-corrected chi connectivity index (χ2v) is 7.75. The minimum Gasteiger partial charge on any atom is -0.493 e. The number of thiocarbonyl (C=S) groups is 1. The summed E-state index contributed by atoms with van der Waals surface area (Å²) < 4.78 is 11.1. The van der Waals surface area contributed by atoms with Crippen LogP contribution in [0, 0.1) is 6.92 Å². The van der Waals surface area contributed by atoms with Crippen molar-refractivity contribution in [2.75, 3.05) is 25.6 Å². The lowest BCUT2D eigenvalue weighted by Gasteiger charge is -2.13. The SMILES string of the molecule is CCCCN1C(=O)/C(=C\c2ccc(OCC(=O)Nc3ccccc3C)c(OC)c2)NC1=S. The van der Waals surface area contributed by atoms with E-state index in [-0.39, 0.29) is 18.4 Å².